The van der Waals surface area contributed by atoms with Crippen LogP contribution in [0, 0.1) is 5.92 Å². The Balaban J connectivity index is 4.65. The molecule has 0 unspecified atom stereocenters. The van der Waals surface area contributed by atoms with Crippen LogP contribution < -0.4 is 0 Å². The first-order chi connectivity index (χ1) is 5.78. The van der Waals surface area contributed by atoms with E-state index in [-0.39, 0.29) is 12.0 Å². The molecule has 0 bridgehead atoms. The lowest BCUT2D eigenvalue weighted by Crippen LogP contribution is -2.24. The van der Waals surface area contributed by atoms with Gasteiger partial charge in [0.05, 0.1) is 6.26 Å². The van der Waals surface area contributed by atoms with Crippen LogP contribution in [-0.4, -0.2) is 20.8 Å². The predicted octanol–water partition coefficient (Wildman–Crippen LogP) is 1.95. The highest BCUT2D eigenvalue weighted by Crippen LogP contribution is 2.17. The van der Waals surface area contributed by atoms with Crippen LogP contribution in [0.4, 0.5) is 0 Å². The van der Waals surface area contributed by atoms with E-state index in [2.05, 4.69) is 0 Å². The molecule has 4 heteroatoms. The van der Waals surface area contributed by atoms with Crippen molar-refractivity contribution in [3.8, 4) is 0 Å². The summed E-state index contributed by atoms with van der Waals surface area (Å²) in [7, 11) is -3.36. The number of allylic oxidation sites excluding steroid dienone is 1. The maximum atomic E-state index is 10.9. The maximum Gasteiger partial charge on any atom is 0.264 e. The average molecular weight is 206 g/mol. The van der Waals surface area contributed by atoms with Gasteiger partial charge in [-0.2, -0.15) is 8.42 Å². The van der Waals surface area contributed by atoms with E-state index in [0.29, 0.717) is 0 Å². The van der Waals surface area contributed by atoms with Crippen LogP contribution in [0.25, 0.3) is 0 Å². The average Bonchev–Trinajstić information content (AvgIpc) is 1.96. The van der Waals surface area contributed by atoms with Crippen LogP contribution in [-0.2, 0) is 14.3 Å². The van der Waals surface area contributed by atoms with Gasteiger partial charge in [0.25, 0.3) is 10.1 Å². The highest BCUT2D eigenvalue weighted by atomic mass is 32.2. The van der Waals surface area contributed by atoms with Crippen molar-refractivity contribution in [1.29, 1.82) is 0 Å². The summed E-state index contributed by atoms with van der Waals surface area (Å²) in [5.41, 5.74) is 0.945. The second kappa shape index (κ2) is 4.77. The van der Waals surface area contributed by atoms with Gasteiger partial charge in [-0.3, -0.25) is 4.18 Å². The number of hydrogen-bond donors (Lipinski definition) is 0. The zero-order valence-electron chi connectivity index (χ0n) is 8.87. The van der Waals surface area contributed by atoms with E-state index in [1.165, 1.54) is 0 Å². The van der Waals surface area contributed by atoms with Crippen molar-refractivity contribution >= 4 is 10.1 Å². The van der Waals surface area contributed by atoms with Gasteiger partial charge in [-0.25, -0.2) is 0 Å². The van der Waals surface area contributed by atoms with E-state index in [0.717, 1.165) is 11.8 Å². The largest absolute Gasteiger partial charge is 0.264 e. The van der Waals surface area contributed by atoms with E-state index in [9.17, 15) is 8.42 Å². The van der Waals surface area contributed by atoms with E-state index in [1.807, 2.05) is 33.8 Å². The zero-order chi connectivity index (χ0) is 10.6. The molecule has 0 saturated heterocycles. The maximum absolute atomic E-state index is 10.9. The first-order valence-corrected chi connectivity index (χ1v) is 6.10. The Bertz CT molecular complexity index is 275. The first kappa shape index (κ1) is 12.7. The summed E-state index contributed by atoms with van der Waals surface area (Å²) in [5, 5.41) is 0. The van der Waals surface area contributed by atoms with Crippen LogP contribution in [0.5, 0.6) is 0 Å². The minimum Gasteiger partial charge on any atom is -0.262 e. The SMILES string of the molecule is C/C=C(\C)[C@@H](OS(C)(=O)=O)C(C)C. The summed E-state index contributed by atoms with van der Waals surface area (Å²) in [6.07, 6.45) is 2.61. The topological polar surface area (TPSA) is 43.4 Å². The molecule has 78 valence electrons. The number of rotatable bonds is 4. The smallest absolute Gasteiger partial charge is 0.262 e. The standard InChI is InChI=1S/C9H18O3S/c1-6-8(4)9(7(2)3)12-13(5,10)11/h6-7,9H,1-5H3/b8-6+/t9-/m0/s1. The van der Waals surface area contributed by atoms with E-state index in [4.69, 9.17) is 4.18 Å². The lowest BCUT2D eigenvalue weighted by molar-refractivity contribution is 0.195. The Kier molecular flexibility index (Phi) is 4.64. The lowest BCUT2D eigenvalue weighted by atomic mass is 10.0. The molecule has 1 atom stereocenters. The fourth-order valence-corrected chi connectivity index (χ4v) is 1.82. The third-order valence-corrected chi connectivity index (χ3v) is 2.35. The van der Waals surface area contributed by atoms with Crippen LogP contribution in [0.2, 0.25) is 0 Å². The van der Waals surface area contributed by atoms with Gasteiger partial charge >= 0.3 is 0 Å². The summed E-state index contributed by atoms with van der Waals surface area (Å²) in [6.45, 7) is 7.61. The van der Waals surface area contributed by atoms with E-state index < -0.39 is 10.1 Å². The highest BCUT2D eigenvalue weighted by Gasteiger charge is 2.20. The van der Waals surface area contributed by atoms with Crippen molar-refractivity contribution in [3.05, 3.63) is 11.6 Å². The predicted molar refractivity (Wildman–Crippen MR) is 54.0 cm³/mol. The van der Waals surface area contributed by atoms with Crippen LogP contribution >= 0.6 is 0 Å². The van der Waals surface area contributed by atoms with E-state index >= 15 is 0 Å². The molecule has 0 aromatic heterocycles. The van der Waals surface area contributed by atoms with E-state index in [1.54, 1.807) is 0 Å². The molecule has 13 heavy (non-hydrogen) atoms. The molecule has 0 aliphatic heterocycles. The van der Waals surface area contributed by atoms with Crippen LogP contribution in [0.15, 0.2) is 11.6 Å². The first-order valence-electron chi connectivity index (χ1n) is 4.29. The van der Waals surface area contributed by atoms with Crippen molar-refractivity contribution < 1.29 is 12.6 Å². The molecule has 0 heterocycles. The summed E-state index contributed by atoms with van der Waals surface area (Å²) >= 11 is 0. The Labute approximate surface area is 80.9 Å². The molecule has 0 saturated carbocycles. The van der Waals surface area contributed by atoms with Gasteiger partial charge < -0.3 is 0 Å². The summed E-state index contributed by atoms with van der Waals surface area (Å²) < 4.78 is 26.8. The van der Waals surface area contributed by atoms with Gasteiger partial charge in [-0.05, 0) is 25.3 Å². The fraction of sp³-hybridized carbons (Fsp3) is 0.778. The van der Waals surface area contributed by atoms with Gasteiger partial charge in [0.2, 0.25) is 0 Å². The molecular formula is C9H18O3S. The van der Waals surface area contributed by atoms with Gasteiger partial charge in [0.15, 0.2) is 0 Å². The molecule has 0 spiro atoms. The van der Waals surface area contributed by atoms with Gasteiger partial charge in [0, 0.05) is 0 Å². The monoisotopic (exact) mass is 206 g/mol. The summed E-state index contributed by atoms with van der Waals surface area (Å²) in [5.74, 6) is 0.158. The second-order valence-electron chi connectivity index (χ2n) is 3.50. The quantitative estimate of drug-likeness (QED) is 0.521. The minimum absolute atomic E-state index is 0.158. The minimum atomic E-state index is -3.36. The van der Waals surface area contributed by atoms with Crippen molar-refractivity contribution in [2.45, 2.75) is 33.8 Å². The third-order valence-electron chi connectivity index (χ3n) is 1.79. The summed E-state index contributed by atoms with van der Waals surface area (Å²) in [6, 6.07) is 0. The van der Waals surface area contributed by atoms with Crippen molar-refractivity contribution in [1.82, 2.24) is 0 Å². The second-order valence-corrected chi connectivity index (χ2v) is 5.10. The molecular weight excluding hydrogens is 188 g/mol. The van der Waals surface area contributed by atoms with Crippen molar-refractivity contribution in [2.75, 3.05) is 6.26 Å². The molecule has 0 radical (unpaired) electrons. The van der Waals surface area contributed by atoms with Crippen LogP contribution in [0.1, 0.15) is 27.7 Å². The molecule has 0 fully saturated rings. The summed E-state index contributed by atoms with van der Waals surface area (Å²) in [4.78, 5) is 0. The Morgan fingerprint density at radius 3 is 2.08 bits per heavy atom. The lowest BCUT2D eigenvalue weighted by Gasteiger charge is -2.20. The zero-order valence-corrected chi connectivity index (χ0v) is 9.68. The normalized spacial score (nSPS) is 16.3. The fourth-order valence-electron chi connectivity index (χ4n) is 1.07. The Morgan fingerprint density at radius 1 is 1.38 bits per heavy atom. The molecule has 3 nitrogen and oxygen atoms in total. The molecule has 0 aromatic rings. The van der Waals surface area contributed by atoms with Crippen molar-refractivity contribution in [2.24, 2.45) is 5.92 Å². The molecule has 0 amide bonds. The molecule has 0 aliphatic rings. The van der Waals surface area contributed by atoms with Gasteiger partial charge in [-0.1, -0.05) is 19.9 Å². The Hall–Kier alpha value is -0.350. The van der Waals surface area contributed by atoms with Gasteiger partial charge in [-0.15, -0.1) is 0 Å². The highest BCUT2D eigenvalue weighted by molar-refractivity contribution is 7.86. The van der Waals surface area contributed by atoms with Crippen molar-refractivity contribution in [3.63, 3.8) is 0 Å². The third kappa shape index (κ3) is 5.05. The molecule has 0 rings (SSSR count). The molecule has 0 aliphatic carbocycles. The van der Waals surface area contributed by atoms with Crippen LogP contribution in [0.3, 0.4) is 0 Å². The molecule has 0 aromatic carbocycles. The Morgan fingerprint density at radius 2 is 1.85 bits per heavy atom. The molecule has 0 N–H and O–H groups in total. The number of hydrogen-bond acceptors (Lipinski definition) is 3. The van der Waals surface area contributed by atoms with Gasteiger partial charge in [0.1, 0.15) is 6.10 Å².